The van der Waals surface area contributed by atoms with E-state index >= 15 is 4.39 Å². The Morgan fingerprint density at radius 1 is 0.848 bits per heavy atom. The van der Waals surface area contributed by atoms with Crippen molar-refractivity contribution in [2.75, 3.05) is 19.1 Å². The van der Waals surface area contributed by atoms with Crippen molar-refractivity contribution in [1.29, 1.82) is 0 Å². The van der Waals surface area contributed by atoms with E-state index in [1.54, 1.807) is 19.1 Å². The van der Waals surface area contributed by atoms with E-state index in [1.165, 1.54) is 13.0 Å². The van der Waals surface area contributed by atoms with Crippen molar-refractivity contribution in [3.8, 4) is 11.5 Å². The molecule has 8 heteroatoms. The second-order valence-electron chi connectivity index (χ2n) is 7.64. The van der Waals surface area contributed by atoms with Gasteiger partial charge < -0.3 is 14.4 Å². The summed E-state index contributed by atoms with van der Waals surface area (Å²) in [4.78, 5) is 1.80. The van der Waals surface area contributed by atoms with Crippen LogP contribution in [0.15, 0.2) is 59.1 Å². The number of rotatable bonds is 8. The molecule has 0 saturated carbocycles. The Labute approximate surface area is 199 Å². The van der Waals surface area contributed by atoms with Crippen LogP contribution in [0.2, 0.25) is 0 Å². The van der Waals surface area contributed by atoms with Crippen LogP contribution in [0.5, 0.6) is 11.5 Å². The smallest absolute Gasteiger partial charge is 0.393 e. The Morgan fingerprint density at radius 2 is 1.30 bits per heavy atom. The molecule has 0 aromatic heterocycles. The summed E-state index contributed by atoms with van der Waals surface area (Å²) in [5, 5.41) is 0. The van der Waals surface area contributed by atoms with E-state index in [1.807, 2.05) is 48.5 Å². The number of alkyl halides is 3. The van der Waals surface area contributed by atoms with Crippen molar-refractivity contribution in [3.05, 3.63) is 87.1 Å². The number of ether oxygens (including phenoxy) is 2. The third-order valence-electron chi connectivity index (χ3n) is 5.34. The van der Waals surface area contributed by atoms with Crippen molar-refractivity contribution in [3.63, 3.8) is 0 Å². The van der Waals surface area contributed by atoms with E-state index in [-0.39, 0.29) is 21.3 Å². The Morgan fingerprint density at radius 3 is 1.70 bits per heavy atom. The van der Waals surface area contributed by atoms with Gasteiger partial charge in [0.1, 0.15) is 17.3 Å². The predicted molar refractivity (Wildman–Crippen MR) is 124 cm³/mol. The van der Waals surface area contributed by atoms with Gasteiger partial charge in [0, 0.05) is 17.6 Å². The molecule has 33 heavy (non-hydrogen) atoms. The lowest BCUT2D eigenvalue weighted by molar-refractivity contribution is -0.127. The maximum absolute atomic E-state index is 15.4. The molecular formula is C25H24BrF4NO2. The fraction of sp³-hybridized carbons (Fsp3) is 0.280. The molecule has 3 aromatic rings. The van der Waals surface area contributed by atoms with Gasteiger partial charge in [-0.25, -0.2) is 4.39 Å². The molecule has 3 nitrogen and oxygen atoms in total. The maximum Gasteiger partial charge on any atom is 0.393 e. The lowest BCUT2D eigenvalue weighted by Crippen LogP contribution is -2.24. The van der Waals surface area contributed by atoms with E-state index in [9.17, 15) is 13.2 Å². The van der Waals surface area contributed by atoms with Crippen molar-refractivity contribution in [2.24, 2.45) is 0 Å². The number of benzene rings is 3. The Hall–Kier alpha value is -2.74. The lowest BCUT2D eigenvalue weighted by Gasteiger charge is -2.28. The minimum absolute atomic E-state index is 0.0221. The highest BCUT2D eigenvalue weighted by molar-refractivity contribution is 9.10. The van der Waals surface area contributed by atoms with Gasteiger partial charge in [-0.3, -0.25) is 0 Å². The molecule has 0 radical (unpaired) electrons. The fourth-order valence-electron chi connectivity index (χ4n) is 3.55. The third-order valence-corrected chi connectivity index (χ3v) is 6.05. The minimum atomic E-state index is -4.44. The summed E-state index contributed by atoms with van der Waals surface area (Å²) in [5.41, 5.74) is 1.90. The van der Waals surface area contributed by atoms with E-state index in [0.717, 1.165) is 11.1 Å². The van der Waals surface area contributed by atoms with Gasteiger partial charge in [-0.2, -0.15) is 13.2 Å². The molecular weight excluding hydrogens is 502 g/mol. The highest BCUT2D eigenvalue weighted by atomic mass is 79.9. The number of methoxy groups -OCH3 is 2. The zero-order valence-electron chi connectivity index (χ0n) is 18.5. The molecule has 0 aliphatic heterocycles. The summed E-state index contributed by atoms with van der Waals surface area (Å²) in [5.74, 6) is 0.725. The van der Waals surface area contributed by atoms with E-state index < -0.39 is 18.4 Å². The van der Waals surface area contributed by atoms with Crippen LogP contribution >= 0.6 is 15.9 Å². The van der Waals surface area contributed by atoms with E-state index in [2.05, 4.69) is 15.9 Å². The molecule has 0 amide bonds. The van der Waals surface area contributed by atoms with E-state index in [4.69, 9.17) is 9.47 Å². The summed E-state index contributed by atoms with van der Waals surface area (Å²) in [6.45, 7) is 2.07. The predicted octanol–water partition coefficient (Wildman–Crippen LogP) is 7.23. The van der Waals surface area contributed by atoms with Crippen LogP contribution in [-0.2, 0) is 19.5 Å². The standard InChI is InChI=1S/C25H24BrF4NO2/c1-16-21(13-25(28,29)30)22(26)12-23(24(16)27)31(14-17-4-8-19(32-2)9-5-17)15-18-6-10-20(33-3)11-7-18/h4-12H,13-15H2,1-3H3. The molecule has 0 N–H and O–H groups in total. The van der Waals surface area contributed by atoms with Gasteiger partial charge in [0.15, 0.2) is 0 Å². The third kappa shape index (κ3) is 6.41. The van der Waals surface area contributed by atoms with Crippen molar-refractivity contribution < 1.29 is 27.0 Å². The molecule has 0 aliphatic rings. The first-order valence-corrected chi connectivity index (χ1v) is 11.0. The van der Waals surface area contributed by atoms with Crippen LogP contribution in [0.1, 0.15) is 22.3 Å². The molecule has 0 unspecified atom stereocenters. The van der Waals surface area contributed by atoms with Crippen LogP contribution in [-0.4, -0.2) is 20.4 Å². The number of nitrogens with zero attached hydrogens (tertiary/aromatic N) is 1. The number of hydrogen-bond donors (Lipinski definition) is 0. The van der Waals surface area contributed by atoms with Gasteiger partial charge >= 0.3 is 6.18 Å². The molecule has 0 fully saturated rings. The zero-order valence-corrected chi connectivity index (χ0v) is 20.1. The molecule has 3 aromatic carbocycles. The van der Waals surface area contributed by atoms with Crippen molar-refractivity contribution in [2.45, 2.75) is 32.6 Å². The first-order chi connectivity index (χ1) is 15.6. The lowest BCUT2D eigenvalue weighted by atomic mass is 10.0. The molecule has 176 valence electrons. The second kappa shape index (κ2) is 10.5. The Balaban J connectivity index is 2.01. The Bertz CT molecular complexity index is 1030. The molecule has 0 bridgehead atoms. The average Bonchev–Trinajstić information content (AvgIpc) is 2.79. The largest absolute Gasteiger partial charge is 0.497 e. The van der Waals surface area contributed by atoms with Crippen LogP contribution in [0.25, 0.3) is 0 Å². The molecule has 0 saturated heterocycles. The summed E-state index contributed by atoms with van der Waals surface area (Å²) in [7, 11) is 3.15. The van der Waals surface area contributed by atoms with Crippen LogP contribution in [0.3, 0.4) is 0 Å². The van der Waals surface area contributed by atoms with Gasteiger partial charge in [0.25, 0.3) is 0 Å². The Kier molecular flexibility index (Phi) is 7.89. The first kappa shape index (κ1) is 24.9. The van der Waals surface area contributed by atoms with Gasteiger partial charge in [-0.05, 0) is 59.5 Å². The summed E-state index contributed by atoms with van der Waals surface area (Å²) >= 11 is 3.24. The maximum atomic E-state index is 15.4. The van der Waals surface area contributed by atoms with Crippen LogP contribution in [0.4, 0.5) is 23.2 Å². The van der Waals surface area contributed by atoms with Gasteiger partial charge in [0.05, 0.1) is 26.3 Å². The number of anilines is 1. The number of halogens is 5. The number of hydrogen-bond acceptors (Lipinski definition) is 3. The first-order valence-electron chi connectivity index (χ1n) is 10.2. The fourth-order valence-corrected chi connectivity index (χ4v) is 4.21. The SMILES string of the molecule is COc1ccc(CN(Cc2ccc(OC)cc2)c2cc(Br)c(CC(F)(F)F)c(C)c2F)cc1. The zero-order chi connectivity index (χ0) is 24.2. The highest BCUT2D eigenvalue weighted by Gasteiger charge is 2.31. The second-order valence-corrected chi connectivity index (χ2v) is 8.49. The van der Waals surface area contributed by atoms with Gasteiger partial charge in [-0.15, -0.1) is 0 Å². The monoisotopic (exact) mass is 525 g/mol. The van der Waals surface area contributed by atoms with Gasteiger partial charge in [-0.1, -0.05) is 40.2 Å². The molecule has 0 heterocycles. The molecule has 0 spiro atoms. The van der Waals surface area contributed by atoms with Crippen molar-refractivity contribution >= 4 is 21.6 Å². The average molecular weight is 526 g/mol. The van der Waals surface area contributed by atoms with Crippen LogP contribution in [0, 0.1) is 12.7 Å². The molecule has 0 aliphatic carbocycles. The summed E-state index contributed by atoms with van der Waals surface area (Å²) in [6.07, 6.45) is -5.64. The van der Waals surface area contributed by atoms with Crippen molar-refractivity contribution in [1.82, 2.24) is 0 Å². The topological polar surface area (TPSA) is 21.7 Å². The quantitative estimate of drug-likeness (QED) is 0.289. The van der Waals surface area contributed by atoms with Gasteiger partial charge in [0.2, 0.25) is 0 Å². The molecule has 0 atom stereocenters. The van der Waals surface area contributed by atoms with E-state index in [0.29, 0.717) is 24.6 Å². The normalized spacial score (nSPS) is 11.4. The van der Waals surface area contributed by atoms with Crippen LogP contribution < -0.4 is 14.4 Å². The highest BCUT2D eigenvalue weighted by Crippen LogP contribution is 2.36. The minimum Gasteiger partial charge on any atom is -0.497 e. The molecule has 3 rings (SSSR count). The summed E-state index contributed by atoms with van der Waals surface area (Å²) < 4.78 is 65.1. The summed E-state index contributed by atoms with van der Waals surface area (Å²) in [6, 6.07) is 16.2.